The molecule has 2 N–H and O–H groups in total. The van der Waals surface area contributed by atoms with Gasteiger partial charge in [0.25, 0.3) is 0 Å². The zero-order chi connectivity index (χ0) is 17.8. The van der Waals surface area contributed by atoms with E-state index in [4.69, 9.17) is 15.2 Å². The van der Waals surface area contributed by atoms with Crippen molar-refractivity contribution in [3.63, 3.8) is 0 Å². The van der Waals surface area contributed by atoms with Crippen LogP contribution in [0.2, 0.25) is 0 Å². The number of nitrogens with zero attached hydrogens (tertiary/aromatic N) is 1. The molecule has 1 aliphatic carbocycles. The van der Waals surface area contributed by atoms with Gasteiger partial charge in [0.1, 0.15) is 10.8 Å². The van der Waals surface area contributed by atoms with Crippen LogP contribution in [0.4, 0.5) is 0 Å². The second-order valence-corrected chi connectivity index (χ2v) is 8.48. The minimum absolute atomic E-state index is 0.126. The predicted molar refractivity (Wildman–Crippen MR) is 90.0 cm³/mol. The minimum atomic E-state index is -3.73. The van der Waals surface area contributed by atoms with Crippen molar-refractivity contribution in [2.45, 2.75) is 28.5 Å². The fraction of sp³-hybridized carbons (Fsp3) is 0.278. The Morgan fingerprint density at radius 2 is 1.84 bits per heavy atom. The summed E-state index contributed by atoms with van der Waals surface area (Å²) in [7, 11) is -3.73. The summed E-state index contributed by atoms with van der Waals surface area (Å²) in [5.41, 5.74) is 6.31. The standard InChI is InChI=1S/C18H16N2O4S/c1-11-2-5-13(6-3-11)25(21,22)17-16(18(17,20)9-19)12-4-7-14-15(8-12)24-10-23-14/h2-8,16-17H,10,20H2,1H3/t16-,17+,18+/m1/s1. The molecule has 0 saturated heterocycles. The molecule has 3 atom stereocenters. The van der Waals surface area contributed by atoms with E-state index >= 15 is 0 Å². The number of sulfone groups is 1. The lowest BCUT2D eigenvalue weighted by atomic mass is 10.1. The third-order valence-corrected chi connectivity index (χ3v) is 7.07. The maximum absolute atomic E-state index is 13.0. The van der Waals surface area contributed by atoms with Crippen molar-refractivity contribution >= 4 is 9.84 Å². The molecule has 2 aromatic carbocycles. The molecule has 0 aromatic heterocycles. The first-order chi connectivity index (χ1) is 11.9. The van der Waals surface area contributed by atoms with Crippen LogP contribution in [0.5, 0.6) is 11.5 Å². The maximum Gasteiger partial charge on any atom is 0.231 e. The van der Waals surface area contributed by atoms with Crippen molar-refractivity contribution in [3.05, 3.63) is 53.6 Å². The Morgan fingerprint density at radius 3 is 2.52 bits per heavy atom. The molecule has 7 heteroatoms. The highest BCUT2D eigenvalue weighted by Crippen LogP contribution is 2.56. The molecule has 0 radical (unpaired) electrons. The third-order valence-electron chi connectivity index (χ3n) is 4.81. The third kappa shape index (κ3) is 2.29. The average molecular weight is 356 g/mol. The molecular formula is C18H16N2O4S. The van der Waals surface area contributed by atoms with Gasteiger partial charge in [-0.2, -0.15) is 5.26 Å². The Balaban J connectivity index is 1.75. The zero-order valence-electron chi connectivity index (χ0n) is 13.5. The molecule has 2 aromatic rings. The summed E-state index contributed by atoms with van der Waals surface area (Å²) in [6.07, 6.45) is 0. The minimum Gasteiger partial charge on any atom is -0.454 e. The Morgan fingerprint density at radius 1 is 1.16 bits per heavy atom. The number of fused-ring (bicyclic) bond motifs is 1. The average Bonchev–Trinajstić information content (AvgIpc) is 2.99. The quantitative estimate of drug-likeness (QED) is 0.901. The molecule has 4 rings (SSSR count). The van der Waals surface area contributed by atoms with Crippen molar-refractivity contribution in [1.29, 1.82) is 5.26 Å². The van der Waals surface area contributed by atoms with Gasteiger partial charge in [0.15, 0.2) is 21.3 Å². The lowest BCUT2D eigenvalue weighted by molar-refractivity contribution is 0.174. The van der Waals surface area contributed by atoms with Crippen molar-refractivity contribution < 1.29 is 17.9 Å². The first-order valence-electron chi connectivity index (χ1n) is 7.78. The molecule has 0 spiro atoms. The topological polar surface area (TPSA) is 102 Å². The normalized spacial score (nSPS) is 26.9. The summed E-state index contributed by atoms with van der Waals surface area (Å²) in [4.78, 5) is 0.177. The van der Waals surface area contributed by atoms with Gasteiger partial charge < -0.3 is 15.2 Å². The molecule has 25 heavy (non-hydrogen) atoms. The Kier molecular flexibility index (Phi) is 3.33. The van der Waals surface area contributed by atoms with E-state index in [2.05, 4.69) is 0 Å². The largest absolute Gasteiger partial charge is 0.454 e. The number of hydrogen-bond donors (Lipinski definition) is 1. The molecular weight excluding hydrogens is 340 g/mol. The molecule has 1 saturated carbocycles. The van der Waals surface area contributed by atoms with E-state index < -0.39 is 26.5 Å². The number of nitriles is 1. The number of benzene rings is 2. The summed E-state index contributed by atoms with van der Waals surface area (Å²) in [5.74, 6) is 0.524. The van der Waals surface area contributed by atoms with Gasteiger partial charge in [0, 0.05) is 5.92 Å². The number of rotatable bonds is 3. The van der Waals surface area contributed by atoms with Crippen LogP contribution in [-0.4, -0.2) is 26.0 Å². The summed E-state index contributed by atoms with van der Waals surface area (Å²) in [5, 5.41) is 8.53. The van der Waals surface area contributed by atoms with E-state index in [-0.39, 0.29) is 11.7 Å². The van der Waals surface area contributed by atoms with E-state index in [1.165, 1.54) is 0 Å². The van der Waals surface area contributed by atoms with E-state index in [9.17, 15) is 13.7 Å². The Hall–Kier alpha value is -2.56. The second kappa shape index (κ2) is 5.22. The molecule has 0 unspecified atom stereocenters. The van der Waals surface area contributed by atoms with Gasteiger partial charge in [-0.25, -0.2) is 8.42 Å². The molecule has 1 fully saturated rings. The van der Waals surface area contributed by atoms with Crippen molar-refractivity contribution in [3.8, 4) is 17.6 Å². The van der Waals surface area contributed by atoms with Gasteiger partial charge in [-0.05, 0) is 36.8 Å². The molecule has 0 amide bonds. The maximum atomic E-state index is 13.0. The number of nitrogens with two attached hydrogens (primary N) is 1. The Labute approximate surface area is 145 Å². The van der Waals surface area contributed by atoms with Crippen LogP contribution in [-0.2, 0) is 9.84 Å². The van der Waals surface area contributed by atoms with Crippen LogP contribution in [0.15, 0.2) is 47.4 Å². The number of ether oxygens (including phenoxy) is 2. The zero-order valence-corrected chi connectivity index (χ0v) is 14.3. The molecule has 128 valence electrons. The van der Waals surface area contributed by atoms with Crippen LogP contribution in [0, 0.1) is 18.3 Å². The molecule has 1 heterocycles. The smallest absolute Gasteiger partial charge is 0.231 e. The fourth-order valence-electron chi connectivity index (χ4n) is 3.38. The van der Waals surface area contributed by atoms with E-state index in [1.807, 2.05) is 13.0 Å². The van der Waals surface area contributed by atoms with Crippen molar-refractivity contribution in [1.82, 2.24) is 0 Å². The highest BCUT2D eigenvalue weighted by molar-refractivity contribution is 7.92. The lowest BCUT2D eigenvalue weighted by Crippen LogP contribution is -2.29. The van der Waals surface area contributed by atoms with Crippen LogP contribution in [0.25, 0.3) is 0 Å². The van der Waals surface area contributed by atoms with Gasteiger partial charge >= 0.3 is 0 Å². The van der Waals surface area contributed by atoms with Gasteiger partial charge in [-0.3, -0.25) is 0 Å². The summed E-state index contributed by atoms with van der Waals surface area (Å²) >= 11 is 0. The van der Waals surface area contributed by atoms with Crippen LogP contribution < -0.4 is 15.2 Å². The highest BCUT2D eigenvalue weighted by Gasteiger charge is 2.70. The number of aryl methyl sites for hydroxylation is 1. The first-order valence-corrected chi connectivity index (χ1v) is 9.33. The molecule has 0 bridgehead atoms. The highest BCUT2D eigenvalue weighted by atomic mass is 32.2. The van der Waals surface area contributed by atoms with Crippen molar-refractivity contribution in [2.75, 3.05) is 6.79 Å². The van der Waals surface area contributed by atoms with Crippen LogP contribution in [0.3, 0.4) is 0 Å². The SMILES string of the molecule is Cc1ccc(S(=O)(=O)[C@H]2[C@@H](c3ccc4c(c3)OCO4)[C@@]2(N)C#N)cc1. The van der Waals surface area contributed by atoms with E-state index in [0.717, 1.165) is 5.56 Å². The van der Waals surface area contributed by atoms with E-state index in [1.54, 1.807) is 42.5 Å². The van der Waals surface area contributed by atoms with Gasteiger partial charge in [-0.15, -0.1) is 0 Å². The van der Waals surface area contributed by atoms with Gasteiger partial charge in [0.2, 0.25) is 6.79 Å². The second-order valence-electron chi connectivity index (χ2n) is 6.41. The van der Waals surface area contributed by atoms with E-state index in [0.29, 0.717) is 17.1 Å². The van der Waals surface area contributed by atoms with Gasteiger partial charge in [0.05, 0.1) is 11.0 Å². The summed E-state index contributed by atoms with van der Waals surface area (Å²) in [6, 6.07) is 13.7. The fourth-order valence-corrected chi connectivity index (χ4v) is 5.56. The Bertz CT molecular complexity index is 995. The predicted octanol–water partition coefficient (Wildman–Crippen LogP) is 1.88. The monoisotopic (exact) mass is 356 g/mol. The van der Waals surface area contributed by atoms with Gasteiger partial charge in [-0.1, -0.05) is 23.8 Å². The number of hydrogen-bond acceptors (Lipinski definition) is 6. The lowest BCUT2D eigenvalue weighted by Gasteiger charge is -2.05. The molecule has 1 aliphatic heterocycles. The van der Waals surface area contributed by atoms with Crippen LogP contribution in [0.1, 0.15) is 17.0 Å². The van der Waals surface area contributed by atoms with Crippen LogP contribution >= 0.6 is 0 Å². The molecule has 6 nitrogen and oxygen atoms in total. The summed E-state index contributed by atoms with van der Waals surface area (Å²) < 4.78 is 36.6. The summed E-state index contributed by atoms with van der Waals surface area (Å²) in [6.45, 7) is 2.01. The van der Waals surface area contributed by atoms with Crippen molar-refractivity contribution in [2.24, 2.45) is 5.73 Å². The first kappa shape index (κ1) is 15.9. The molecule has 2 aliphatic rings.